The van der Waals surface area contributed by atoms with Crippen LogP contribution in [0.25, 0.3) is 0 Å². The molecule has 3 rings (SSSR count). The number of likely N-dealkylation sites (tertiary alicyclic amines) is 1. The van der Waals surface area contributed by atoms with Crippen LogP contribution in [0.5, 0.6) is 11.5 Å². The van der Waals surface area contributed by atoms with Gasteiger partial charge in [0.05, 0.1) is 26.4 Å². The summed E-state index contributed by atoms with van der Waals surface area (Å²) in [5.74, 6) is 2.24. The molecule has 2 aromatic rings. The highest BCUT2D eigenvalue weighted by atomic mass is 16.6. The molecule has 2 aromatic carbocycles. The Morgan fingerprint density at radius 1 is 0.667 bits per heavy atom. The van der Waals surface area contributed by atoms with Gasteiger partial charge in [-0.3, -0.25) is 21.5 Å². The van der Waals surface area contributed by atoms with Crippen molar-refractivity contribution in [2.24, 2.45) is 5.92 Å². The van der Waals surface area contributed by atoms with E-state index in [0.717, 1.165) is 88.9 Å². The van der Waals surface area contributed by atoms with Crippen LogP contribution in [0.4, 0.5) is 9.59 Å². The van der Waals surface area contributed by atoms with E-state index in [4.69, 9.17) is 29.8 Å². The standard InChI is InChI=1S/C37H55N5O6/c1-3-5-7-25-47-36(43)40-34(38)30-12-16-32(17-13-30)45-27-9-11-29-20-23-42(24-21-29)22-10-28-46-33-18-14-31(15-19-33)35(39)41-37(44)48-26-8-6-4-2/h12-19,29H,3-11,20-28H2,1-2H3,(H2,38,40,43)(H2,39,41,44). The van der Waals surface area contributed by atoms with Crippen LogP contribution in [0.1, 0.15) is 95.6 Å². The molecule has 48 heavy (non-hydrogen) atoms. The lowest BCUT2D eigenvalue weighted by Crippen LogP contribution is -2.35. The maximum atomic E-state index is 11.8. The smallest absolute Gasteiger partial charge is 0.412 e. The van der Waals surface area contributed by atoms with E-state index in [1.54, 1.807) is 24.3 Å². The fourth-order valence-corrected chi connectivity index (χ4v) is 5.43. The first-order valence-corrected chi connectivity index (χ1v) is 17.6. The van der Waals surface area contributed by atoms with Gasteiger partial charge < -0.3 is 23.8 Å². The van der Waals surface area contributed by atoms with Crippen molar-refractivity contribution in [2.45, 2.75) is 84.5 Å². The molecule has 0 atom stereocenters. The summed E-state index contributed by atoms with van der Waals surface area (Å²) in [7, 11) is 0. The number of hydrogen-bond acceptors (Lipinski definition) is 9. The maximum Gasteiger partial charge on any atom is 0.412 e. The zero-order valence-corrected chi connectivity index (χ0v) is 28.8. The molecule has 4 N–H and O–H groups in total. The Kier molecular flexibility index (Phi) is 17.9. The minimum atomic E-state index is -0.596. The molecular formula is C37H55N5O6. The molecule has 0 saturated carbocycles. The number of unbranched alkanes of at least 4 members (excludes halogenated alkanes) is 4. The van der Waals surface area contributed by atoms with Crippen molar-refractivity contribution in [1.82, 2.24) is 15.5 Å². The number of piperidine rings is 1. The predicted molar refractivity (Wildman–Crippen MR) is 189 cm³/mol. The summed E-state index contributed by atoms with van der Waals surface area (Å²) in [6.45, 7) is 9.39. The van der Waals surface area contributed by atoms with Crippen molar-refractivity contribution in [2.75, 3.05) is 46.1 Å². The van der Waals surface area contributed by atoms with Crippen molar-refractivity contribution in [1.29, 1.82) is 10.8 Å². The number of rotatable bonds is 20. The van der Waals surface area contributed by atoms with Crippen LogP contribution in [0.3, 0.4) is 0 Å². The number of benzene rings is 2. The summed E-state index contributed by atoms with van der Waals surface area (Å²) in [6, 6.07) is 14.4. The van der Waals surface area contributed by atoms with Gasteiger partial charge in [0.25, 0.3) is 0 Å². The Morgan fingerprint density at radius 2 is 1.12 bits per heavy atom. The lowest BCUT2D eigenvalue weighted by atomic mass is 9.92. The number of nitrogens with one attached hydrogen (secondary N) is 4. The Balaban J connectivity index is 1.21. The highest BCUT2D eigenvalue weighted by Crippen LogP contribution is 2.23. The van der Waals surface area contributed by atoms with E-state index < -0.39 is 12.2 Å². The van der Waals surface area contributed by atoms with E-state index in [0.29, 0.717) is 43.5 Å². The van der Waals surface area contributed by atoms with Crippen LogP contribution in [0.15, 0.2) is 48.5 Å². The molecular weight excluding hydrogens is 610 g/mol. The average Bonchev–Trinajstić information content (AvgIpc) is 3.10. The first kappa shape index (κ1) is 38.3. The molecule has 0 aliphatic carbocycles. The van der Waals surface area contributed by atoms with Crippen molar-refractivity contribution in [3.8, 4) is 11.5 Å². The molecule has 0 radical (unpaired) electrons. The van der Waals surface area contributed by atoms with E-state index in [-0.39, 0.29) is 11.7 Å². The van der Waals surface area contributed by atoms with Gasteiger partial charge >= 0.3 is 12.2 Å². The molecule has 11 nitrogen and oxygen atoms in total. The minimum Gasteiger partial charge on any atom is -0.494 e. The normalized spacial score (nSPS) is 13.4. The Morgan fingerprint density at radius 3 is 1.58 bits per heavy atom. The zero-order chi connectivity index (χ0) is 34.4. The minimum absolute atomic E-state index is 0.00893. The molecule has 1 aliphatic rings. The first-order chi connectivity index (χ1) is 23.4. The third kappa shape index (κ3) is 15.2. The average molecular weight is 666 g/mol. The Bertz CT molecular complexity index is 1150. The molecule has 1 heterocycles. The van der Waals surface area contributed by atoms with Gasteiger partial charge in [-0.25, -0.2) is 9.59 Å². The quantitative estimate of drug-likeness (QED) is 0.0650. The summed E-state index contributed by atoms with van der Waals surface area (Å²) in [4.78, 5) is 26.2. The van der Waals surface area contributed by atoms with Crippen LogP contribution >= 0.6 is 0 Å². The number of amidine groups is 2. The number of carbonyl (C=O) groups is 2. The highest BCUT2D eigenvalue weighted by Gasteiger charge is 2.18. The second-order valence-corrected chi connectivity index (χ2v) is 12.2. The van der Waals surface area contributed by atoms with E-state index in [9.17, 15) is 9.59 Å². The van der Waals surface area contributed by atoms with Crippen molar-refractivity contribution >= 4 is 23.9 Å². The zero-order valence-electron chi connectivity index (χ0n) is 28.8. The summed E-state index contributed by atoms with van der Waals surface area (Å²) in [5, 5.41) is 21.1. The molecule has 11 heteroatoms. The van der Waals surface area contributed by atoms with Crippen LogP contribution in [-0.4, -0.2) is 74.8 Å². The fourth-order valence-electron chi connectivity index (χ4n) is 5.43. The van der Waals surface area contributed by atoms with Crippen LogP contribution in [-0.2, 0) is 9.47 Å². The van der Waals surface area contributed by atoms with Gasteiger partial charge in [-0.1, -0.05) is 39.5 Å². The van der Waals surface area contributed by atoms with Crippen LogP contribution in [0, 0.1) is 16.7 Å². The molecule has 1 saturated heterocycles. The van der Waals surface area contributed by atoms with Gasteiger partial charge in [0.2, 0.25) is 0 Å². The second-order valence-electron chi connectivity index (χ2n) is 12.2. The molecule has 0 aromatic heterocycles. The van der Waals surface area contributed by atoms with Crippen LogP contribution < -0.4 is 20.1 Å². The maximum absolute atomic E-state index is 11.8. The molecule has 0 unspecified atom stereocenters. The summed E-state index contributed by atoms with van der Waals surface area (Å²) in [5.41, 5.74) is 1.20. The highest BCUT2D eigenvalue weighted by molar-refractivity contribution is 6.05. The number of hydrogen-bond donors (Lipinski definition) is 4. The lowest BCUT2D eigenvalue weighted by Gasteiger charge is -2.32. The van der Waals surface area contributed by atoms with Gasteiger partial charge in [-0.05, 0) is 112 Å². The number of nitrogens with zero attached hydrogens (tertiary/aromatic N) is 1. The summed E-state index contributed by atoms with van der Waals surface area (Å²) >= 11 is 0. The number of alkyl carbamates (subject to hydrolysis) is 2. The second kappa shape index (κ2) is 22.4. The largest absolute Gasteiger partial charge is 0.494 e. The number of carbonyl (C=O) groups excluding carboxylic acids is 2. The third-order valence-corrected chi connectivity index (χ3v) is 8.32. The molecule has 264 valence electrons. The first-order valence-electron chi connectivity index (χ1n) is 17.6. The predicted octanol–water partition coefficient (Wildman–Crippen LogP) is 7.51. The fraction of sp³-hybridized carbons (Fsp3) is 0.568. The molecule has 2 amide bonds. The van der Waals surface area contributed by atoms with Gasteiger partial charge in [0.15, 0.2) is 0 Å². The van der Waals surface area contributed by atoms with Crippen molar-refractivity contribution in [3.63, 3.8) is 0 Å². The van der Waals surface area contributed by atoms with E-state index in [1.165, 1.54) is 12.8 Å². The lowest BCUT2D eigenvalue weighted by molar-refractivity contribution is 0.148. The topological polar surface area (TPSA) is 146 Å². The summed E-state index contributed by atoms with van der Waals surface area (Å²) < 4.78 is 22.0. The summed E-state index contributed by atoms with van der Waals surface area (Å²) in [6.07, 6.45) is 10.1. The molecule has 1 aliphatic heterocycles. The van der Waals surface area contributed by atoms with Crippen molar-refractivity contribution < 1.29 is 28.5 Å². The number of ether oxygens (including phenoxy) is 4. The third-order valence-electron chi connectivity index (χ3n) is 8.32. The monoisotopic (exact) mass is 665 g/mol. The Hall–Kier alpha value is -4.12. The number of amides is 2. The van der Waals surface area contributed by atoms with Gasteiger partial charge in [-0.15, -0.1) is 0 Å². The van der Waals surface area contributed by atoms with E-state index in [2.05, 4.69) is 29.4 Å². The van der Waals surface area contributed by atoms with E-state index >= 15 is 0 Å². The van der Waals surface area contributed by atoms with Crippen LogP contribution in [0.2, 0.25) is 0 Å². The van der Waals surface area contributed by atoms with E-state index in [1.807, 2.05) is 24.3 Å². The molecule has 1 fully saturated rings. The Labute approximate surface area is 286 Å². The van der Waals surface area contributed by atoms with Gasteiger partial charge in [0, 0.05) is 17.7 Å². The van der Waals surface area contributed by atoms with Crippen molar-refractivity contribution in [3.05, 3.63) is 59.7 Å². The molecule has 0 spiro atoms. The van der Waals surface area contributed by atoms with Gasteiger partial charge in [-0.2, -0.15) is 0 Å². The van der Waals surface area contributed by atoms with Gasteiger partial charge in [0.1, 0.15) is 23.2 Å². The SMILES string of the molecule is CCCCCOC(=O)NC(=N)c1ccc(OCCCC2CCN(CCCOc3ccc(C(=N)NC(=O)OCCCCC)cc3)CC2)cc1. The molecule has 0 bridgehead atoms.